The van der Waals surface area contributed by atoms with Gasteiger partial charge in [0.1, 0.15) is 0 Å². The van der Waals surface area contributed by atoms with E-state index in [9.17, 15) is 9.59 Å². The zero-order chi connectivity index (χ0) is 13.9. The van der Waals surface area contributed by atoms with Crippen molar-refractivity contribution in [1.29, 1.82) is 0 Å². The summed E-state index contributed by atoms with van der Waals surface area (Å²) in [4.78, 5) is 25.5. The minimum atomic E-state index is -0.330. The number of rotatable bonds is 3. The van der Waals surface area contributed by atoms with E-state index in [1.165, 1.54) is 12.3 Å². The molecule has 0 aliphatic carbocycles. The number of carbonyl (C=O) groups excluding carboxylic acids is 1. The highest BCUT2D eigenvalue weighted by molar-refractivity contribution is 5.93. The van der Waals surface area contributed by atoms with Crippen molar-refractivity contribution in [2.75, 3.05) is 0 Å². The maximum absolute atomic E-state index is 11.9. The van der Waals surface area contributed by atoms with E-state index in [1.807, 2.05) is 24.4 Å². The molecular weight excluding hydrogens is 258 g/mol. The van der Waals surface area contributed by atoms with Crippen molar-refractivity contribution in [3.8, 4) is 0 Å². The summed E-state index contributed by atoms with van der Waals surface area (Å²) in [5.74, 6) is 0.294. The van der Waals surface area contributed by atoms with Crippen LogP contribution in [0.3, 0.4) is 0 Å². The number of hydrogen-bond donors (Lipinski definition) is 2. The van der Waals surface area contributed by atoms with Gasteiger partial charge in [-0.2, -0.15) is 0 Å². The zero-order valence-corrected chi connectivity index (χ0v) is 10.4. The number of amides is 1. The molecule has 3 aromatic heterocycles. The first kappa shape index (κ1) is 12.1. The normalized spacial score (nSPS) is 10.6. The number of H-pyrrole nitrogens is 1. The molecule has 2 N–H and O–H groups in total. The third kappa shape index (κ3) is 2.28. The molecule has 0 aliphatic heterocycles. The second-order valence-electron chi connectivity index (χ2n) is 4.17. The third-order valence-electron chi connectivity index (χ3n) is 2.83. The number of aromatic amines is 1. The fraction of sp³-hybridized carbons (Fsp3) is 0.0769. The fourth-order valence-electron chi connectivity index (χ4n) is 1.86. The molecule has 0 saturated heterocycles. The van der Waals surface area contributed by atoms with Crippen LogP contribution in [0.1, 0.15) is 16.2 Å². The number of aromatic nitrogens is 4. The quantitative estimate of drug-likeness (QED) is 0.717. The Bertz CT molecular complexity index is 820. The molecule has 0 radical (unpaired) electrons. The number of nitrogens with zero attached hydrogens (tertiary/aromatic N) is 3. The van der Waals surface area contributed by atoms with Gasteiger partial charge in [0.2, 0.25) is 5.56 Å². The summed E-state index contributed by atoms with van der Waals surface area (Å²) in [7, 11) is 0. The predicted molar refractivity (Wildman–Crippen MR) is 71.2 cm³/mol. The maximum Gasteiger partial charge on any atom is 0.251 e. The molecule has 0 aromatic carbocycles. The van der Waals surface area contributed by atoms with E-state index < -0.39 is 0 Å². The molecule has 7 heteroatoms. The average molecular weight is 269 g/mol. The van der Waals surface area contributed by atoms with Crippen molar-refractivity contribution < 1.29 is 4.79 Å². The van der Waals surface area contributed by atoms with E-state index >= 15 is 0 Å². The van der Waals surface area contributed by atoms with Gasteiger partial charge in [-0.25, -0.2) is 0 Å². The van der Waals surface area contributed by atoms with Gasteiger partial charge in [0, 0.05) is 24.0 Å². The van der Waals surface area contributed by atoms with Crippen molar-refractivity contribution in [3.63, 3.8) is 0 Å². The average Bonchev–Trinajstić information content (AvgIpc) is 2.88. The second kappa shape index (κ2) is 4.96. The van der Waals surface area contributed by atoms with E-state index in [1.54, 1.807) is 10.5 Å². The topological polar surface area (TPSA) is 92.2 Å². The fourth-order valence-corrected chi connectivity index (χ4v) is 1.86. The lowest BCUT2D eigenvalue weighted by atomic mass is 10.2. The van der Waals surface area contributed by atoms with Crippen LogP contribution >= 0.6 is 0 Å². The van der Waals surface area contributed by atoms with E-state index in [2.05, 4.69) is 20.5 Å². The molecule has 0 saturated carbocycles. The summed E-state index contributed by atoms with van der Waals surface area (Å²) >= 11 is 0. The molecule has 0 aliphatic rings. The molecule has 3 heterocycles. The third-order valence-corrected chi connectivity index (χ3v) is 2.83. The van der Waals surface area contributed by atoms with Crippen LogP contribution in [0.4, 0.5) is 0 Å². The first-order valence-corrected chi connectivity index (χ1v) is 5.99. The molecule has 0 fully saturated rings. The maximum atomic E-state index is 11.9. The largest absolute Gasteiger partial charge is 0.345 e. The Morgan fingerprint density at radius 1 is 1.30 bits per heavy atom. The minimum absolute atomic E-state index is 0.233. The molecule has 0 atom stereocenters. The molecule has 0 spiro atoms. The van der Waals surface area contributed by atoms with E-state index in [0.717, 1.165) is 0 Å². The van der Waals surface area contributed by atoms with Gasteiger partial charge in [-0.3, -0.25) is 14.0 Å². The standard InChI is InChI=1S/C13H11N5O2/c19-12-7-9(4-5-14-12)13(20)15-8-11-17-16-10-3-1-2-6-18(10)11/h1-7H,8H2,(H,14,19)(H,15,20). The van der Waals surface area contributed by atoms with Gasteiger partial charge in [0.25, 0.3) is 5.91 Å². The van der Waals surface area contributed by atoms with Crippen LogP contribution < -0.4 is 10.9 Å². The predicted octanol–water partition coefficient (Wildman–Crippen LogP) is 0.348. The van der Waals surface area contributed by atoms with Crippen LogP contribution in [0.15, 0.2) is 47.5 Å². The summed E-state index contributed by atoms with van der Waals surface area (Å²) < 4.78 is 1.79. The van der Waals surface area contributed by atoms with E-state index in [-0.39, 0.29) is 18.0 Å². The van der Waals surface area contributed by atoms with Crippen LogP contribution in [0, 0.1) is 0 Å². The number of nitrogens with one attached hydrogen (secondary N) is 2. The highest BCUT2D eigenvalue weighted by Gasteiger charge is 2.08. The Hall–Kier alpha value is -2.96. The van der Waals surface area contributed by atoms with Crippen LogP contribution in [-0.4, -0.2) is 25.5 Å². The summed E-state index contributed by atoms with van der Waals surface area (Å²) in [6.07, 6.45) is 3.26. The molecule has 3 rings (SSSR count). The van der Waals surface area contributed by atoms with Crippen molar-refractivity contribution in [2.45, 2.75) is 6.54 Å². The summed E-state index contributed by atoms with van der Waals surface area (Å²) in [6, 6.07) is 8.34. The Balaban J connectivity index is 1.76. The van der Waals surface area contributed by atoms with Crippen LogP contribution in [-0.2, 0) is 6.54 Å². The van der Waals surface area contributed by atoms with Crippen molar-refractivity contribution in [2.24, 2.45) is 0 Å². The van der Waals surface area contributed by atoms with E-state index in [4.69, 9.17) is 0 Å². The number of hydrogen-bond acceptors (Lipinski definition) is 4. The zero-order valence-electron chi connectivity index (χ0n) is 10.4. The van der Waals surface area contributed by atoms with E-state index in [0.29, 0.717) is 17.0 Å². The summed E-state index contributed by atoms with van der Waals surface area (Å²) in [5.41, 5.74) is 0.709. The van der Waals surface area contributed by atoms with Gasteiger partial charge in [-0.15, -0.1) is 10.2 Å². The first-order chi connectivity index (χ1) is 9.74. The SMILES string of the molecule is O=C(NCc1nnc2ccccn12)c1cc[nH]c(=O)c1. The Labute approximate surface area is 113 Å². The molecule has 100 valence electrons. The summed E-state index contributed by atoms with van der Waals surface area (Å²) in [6.45, 7) is 0.233. The lowest BCUT2D eigenvalue weighted by Gasteiger charge is -2.03. The lowest BCUT2D eigenvalue weighted by Crippen LogP contribution is -2.25. The molecule has 20 heavy (non-hydrogen) atoms. The molecule has 1 amide bonds. The van der Waals surface area contributed by atoms with Gasteiger partial charge in [-0.05, 0) is 18.2 Å². The van der Waals surface area contributed by atoms with Crippen LogP contribution in [0.25, 0.3) is 5.65 Å². The lowest BCUT2D eigenvalue weighted by molar-refractivity contribution is 0.0949. The highest BCUT2D eigenvalue weighted by atomic mass is 16.2. The van der Waals surface area contributed by atoms with Crippen LogP contribution in [0.2, 0.25) is 0 Å². The van der Waals surface area contributed by atoms with Gasteiger partial charge < -0.3 is 10.3 Å². The Morgan fingerprint density at radius 2 is 2.20 bits per heavy atom. The highest BCUT2D eigenvalue weighted by Crippen LogP contribution is 2.02. The number of pyridine rings is 2. The minimum Gasteiger partial charge on any atom is -0.345 e. The molecule has 3 aromatic rings. The number of fused-ring (bicyclic) bond motifs is 1. The molecule has 0 bridgehead atoms. The monoisotopic (exact) mass is 269 g/mol. The smallest absolute Gasteiger partial charge is 0.251 e. The van der Waals surface area contributed by atoms with Gasteiger partial charge in [-0.1, -0.05) is 6.07 Å². The molecule has 0 unspecified atom stereocenters. The number of carbonyl (C=O) groups is 1. The van der Waals surface area contributed by atoms with Gasteiger partial charge in [0.05, 0.1) is 6.54 Å². The Kier molecular flexibility index (Phi) is 3.00. The van der Waals surface area contributed by atoms with Gasteiger partial charge in [0.15, 0.2) is 11.5 Å². The first-order valence-electron chi connectivity index (χ1n) is 5.99. The van der Waals surface area contributed by atoms with Crippen molar-refractivity contribution >= 4 is 11.6 Å². The van der Waals surface area contributed by atoms with Gasteiger partial charge >= 0.3 is 0 Å². The second-order valence-corrected chi connectivity index (χ2v) is 4.17. The van der Waals surface area contributed by atoms with Crippen molar-refractivity contribution in [1.82, 2.24) is 24.9 Å². The van der Waals surface area contributed by atoms with Crippen LogP contribution in [0.5, 0.6) is 0 Å². The summed E-state index contributed by atoms with van der Waals surface area (Å²) in [5, 5.41) is 10.7. The molecule has 7 nitrogen and oxygen atoms in total. The van der Waals surface area contributed by atoms with Crippen molar-refractivity contribution in [3.05, 3.63) is 64.5 Å². The Morgan fingerprint density at radius 3 is 3.05 bits per heavy atom. The molecular formula is C13H11N5O2.